The van der Waals surface area contributed by atoms with Crippen molar-refractivity contribution in [2.75, 3.05) is 13.2 Å². The Morgan fingerprint density at radius 3 is 2.43 bits per heavy atom. The molecule has 1 atom stereocenters. The van der Waals surface area contributed by atoms with Gasteiger partial charge >= 0.3 is 11.9 Å². The zero-order valence-corrected chi connectivity index (χ0v) is 8.68. The van der Waals surface area contributed by atoms with Gasteiger partial charge in [-0.25, -0.2) is 4.79 Å². The average molecular weight is 210 g/mol. The second kappa shape index (κ2) is 5.90. The summed E-state index contributed by atoms with van der Waals surface area (Å²) in [5.74, 6) is -5.07. The summed E-state index contributed by atoms with van der Waals surface area (Å²) in [5, 5.41) is 0. The van der Waals surface area contributed by atoms with Gasteiger partial charge in [-0.1, -0.05) is 6.92 Å². The first-order valence-electron chi connectivity index (χ1n) is 4.60. The monoisotopic (exact) mass is 210 g/mol. The second-order valence-electron chi connectivity index (χ2n) is 2.95. The minimum atomic E-state index is -3.54. The highest BCUT2D eigenvalue weighted by atomic mass is 19.3. The fraction of sp³-hybridized carbons (Fsp3) is 0.889. The highest BCUT2D eigenvalue weighted by Gasteiger charge is 2.41. The molecule has 0 aromatic heterocycles. The molecular weight excluding hydrogens is 194 g/mol. The van der Waals surface area contributed by atoms with E-state index in [9.17, 15) is 13.6 Å². The van der Waals surface area contributed by atoms with Crippen LogP contribution in [0, 0.1) is 0 Å². The van der Waals surface area contributed by atoms with E-state index in [1.807, 2.05) is 6.92 Å². The van der Waals surface area contributed by atoms with Crippen molar-refractivity contribution in [2.45, 2.75) is 39.2 Å². The summed E-state index contributed by atoms with van der Waals surface area (Å²) in [4.78, 5) is 10.7. The predicted octanol–water partition coefficient (Wildman–Crippen LogP) is 2.00. The summed E-state index contributed by atoms with van der Waals surface area (Å²) in [5.41, 5.74) is 0. The highest BCUT2D eigenvalue weighted by Crippen LogP contribution is 2.17. The topological polar surface area (TPSA) is 35.5 Å². The van der Waals surface area contributed by atoms with Gasteiger partial charge in [-0.05, 0) is 20.3 Å². The van der Waals surface area contributed by atoms with E-state index in [1.165, 1.54) is 6.92 Å². The predicted molar refractivity (Wildman–Crippen MR) is 47.3 cm³/mol. The van der Waals surface area contributed by atoms with E-state index < -0.39 is 18.5 Å². The van der Waals surface area contributed by atoms with Gasteiger partial charge in [0.1, 0.15) is 6.61 Å². The van der Waals surface area contributed by atoms with E-state index >= 15 is 0 Å². The standard InChI is InChI=1S/C9H16F2O3/c1-4-7(3)14-6-9(10,11)8(12)13-5-2/h7H,4-6H2,1-3H3. The van der Waals surface area contributed by atoms with E-state index in [2.05, 4.69) is 4.74 Å². The van der Waals surface area contributed by atoms with Gasteiger partial charge < -0.3 is 9.47 Å². The van der Waals surface area contributed by atoms with Gasteiger partial charge in [-0.3, -0.25) is 0 Å². The van der Waals surface area contributed by atoms with Crippen molar-refractivity contribution < 1.29 is 23.0 Å². The molecule has 3 nitrogen and oxygen atoms in total. The smallest absolute Gasteiger partial charge is 0.379 e. The summed E-state index contributed by atoms with van der Waals surface area (Å²) >= 11 is 0. The van der Waals surface area contributed by atoms with E-state index in [0.29, 0.717) is 6.42 Å². The minimum absolute atomic E-state index is 0.0578. The molecule has 0 amide bonds. The number of alkyl halides is 2. The third-order valence-corrected chi connectivity index (χ3v) is 1.70. The SMILES string of the molecule is CCOC(=O)C(F)(F)COC(C)CC. The van der Waals surface area contributed by atoms with Crippen LogP contribution in [-0.2, 0) is 14.3 Å². The number of hydrogen-bond acceptors (Lipinski definition) is 3. The number of hydrogen-bond donors (Lipinski definition) is 0. The number of rotatable bonds is 6. The van der Waals surface area contributed by atoms with Crippen LogP contribution in [0.25, 0.3) is 0 Å². The minimum Gasteiger partial charge on any atom is -0.461 e. The maximum absolute atomic E-state index is 12.9. The summed E-state index contributed by atoms with van der Waals surface area (Å²) in [6.45, 7) is 3.98. The van der Waals surface area contributed by atoms with Crippen molar-refractivity contribution in [2.24, 2.45) is 0 Å². The number of carbonyl (C=O) groups excluding carboxylic acids is 1. The van der Waals surface area contributed by atoms with Crippen LogP contribution in [0.2, 0.25) is 0 Å². The number of halogens is 2. The third-order valence-electron chi connectivity index (χ3n) is 1.70. The van der Waals surface area contributed by atoms with Crippen LogP contribution < -0.4 is 0 Å². The molecule has 0 aromatic carbocycles. The molecule has 5 heteroatoms. The Labute approximate surface area is 82.4 Å². The second-order valence-corrected chi connectivity index (χ2v) is 2.95. The van der Waals surface area contributed by atoms with Crippen LogP contribution in [0.3, 0.4) is 0 Å². The van der Waals surface area contributed by atoms with Crippen LogP contribution in [0.15, 0.2) is 0 Å². The van der Waals surface area contributed by atoms with Gasteiger partial charge in [0.15, 0.2) is 0 Å². The van der Waals surface area contributed by atoms with Crippen LogP contribution >= 0.6 is 0 Å². The molecule has 0 saturated carbocycles. The van der Waals surface area contributed by atoms with Gasteiger partial charge in [0.05, 0.1) is 12.7 Å². The fourth-order valence-electron chi connectivity index (χ4n) is 0.660. The van der Waals surface area contributed by atoms with E-state index in [-0.39, 0.29) is 12.7 Å². The summed E-state index contributed by atoms with van der Waals surface area (Å²) < 4.78 is 34.8. The normalized spacial score (nSPS) is 13.8. The molecule has 0 saturated heterocycles. The van der Waals surface area contributed by atoms with Crippen molar-refractivity contribution >= 4 is 5.97 Å². The van der Waals surface area contributed by atoms with Gasteiger partial charge in [0.25, 0.3) is 0 Å². The molecule has 0 radical (unpaired) electrons. The van der Waals surface area contributed by atoms with Crippen molar-refractivity contribution in [3.63, 3.8) is 0 Å². The molecule has 1 unspecified atom stereocenters. The molecule has 0 fully saturated rings. The molecule has 14 heavy (non-hydrogen) atoms. The van der Waals surface area contributed by atoms with Gasteiger partial charge in [-0.15, -0.1) is 0 Å². The fourth-order valence-corrected chi connectivity index (χ4v) is 0.660. The maximum Gasteiger partial charge on any atom is 0.379 e. The number of ether oxygens (including phenoxy) is 2. The molecule has 0 aliphatic carbocycles. The zero-order valence-electron chi connectivity index (χ0n) is 8.68. The first-order valence-corrected chi connectivity index (χ1v) is 4.60. The van der Waals surface area contributed by atoms with Crippen molar-refractivity contribution in [3.05, 3.63) is 0 Å². The number of esters is 1. The molecule has 0 aliphatic rings. The Kier molecular flexibility index (Phi) is 5.60. The molecule has 0 rings (SSSR count). The summed E-state index contributed by atoms with van der Waals surface area (Å²) in [6.07, 6.45) is 0.342. The Bertz CT molecular complexity index is 183. The van der Waals surface area contributed by atoms with Crippen molar-refractivity contribution in [1.29, 1.82) is 0 Å². The Morgan fingerprint density at radius 1 is 1.43 bits per heavy atom. The van der Waals surface area contributed by atoms with Crippen molar-refractivity contribution in [3.8, 4) is 0 Å². The number of carbonyl (C=O) groups is 1. The lowest BCUT2D eigenvalue weighted by Gasteiger charge is -2.17. The maximum atomic E-state index is 12.9. The molecule has 0 bridgehead atoms. The van der Waals surface area contributed by atoms with Crippen molar-refractivity contribution in [1.82, 2.24) is 0 Å². The lowest BCUT2D eigenvalue weighted by atomic mass is 10.3. The van der Waals surface area contributed by atoms with Crippen LogP contribution in [0.1, 0.15) is 27.2 Å². The third kappa shape index (κ3) is 4.50. The molecule has 0 aliphatic heterocycles. The molecule has 0 spiro atoms. The Balaban J connectivity index is 3.99. The van der Waals surface area contributed by atoms with Crippen LogP contribution in [0.5, 0.6) is 0 Å². The quantitative estimate of drug-likeness (QED) is 0.629. The zero-order chi connectivity index (χ0) is 11.2. The lowest BCUT2D eigenvalue weighted by Crippen LogP contribution is -2.36. The molecule has 84 valence electrons. The Hall–Kier alpha value is -0.710. The summed E-state index contributed by atoms with van der Waals surface area (Å²) in [7, 11) is 0. The van der Waals surface area contributed by atoms with Crippen LogP contribution in [-0.4, -0.2) is 31.2 Å². The molecular formula is C9H16F2O3. The van der Waals surface area contributed by atoms with E-state index in [1.54, 1.807) is 6.92 Å². The Morgan fingerprint density at radius 2 is 2.00 bits per heavy atom. The molecule has 0 N–H and O–H groups in total. The van der Waals surface area contributed by atoms with E-state index in [4.69, 9.17) is 4.74 Å². The lowest BCUT2D eigenvalue weighted by molar-refractivity contribution is -0.182. The molecule has 0 heterocycles. The van der Waals surface area contributed by atoms with Crippen LogP contribution in [0.4, 0.5) is 8.78 Å². The van der Waals surface area contributed by atoms with Gasteiger partial charge in [0, 0.05) is 0 Å². The van der Waals surface area contributed by atoms with Gasteiger partial charge in [-0.2, -0.15) is 8.78 Å². The largest absolute Gasteiger partial charge is 0.461 e. The average Bonchev–Trinajstić information content (AvgIpc) is 2.14. The molecule has 0 aromatic rings. The summed E-state index contributed by atoms with van der Waals surface area (Å²) in [6, 6.07) is 0. The van der Waals surface area contributed by atoms with Gasteiger partial charge in [0.2, 0.25) is 0 Å². The highest BCUT2D eigenvalue weighted by molar-refractivity contribution is 5.77. The first kappa shape index (κ1) is 13.3. The first-order chi connectivity index (χ1) is 6.44. The van der Waals surface area contributed by atoms with E-state index in [0.717, 1.165) is 0 Å².